The number of hydrogen-bond acceptors (Lipinski definition) is 1. The summed E-state index contributed by atoms with van der Waals surface area (Å²) in [4.78, 5) is 12.8. The van der Waals surface area contributed by atoms with E-state index in [1.165, 1.54) is 16.5 Å². The minimum absolute atomic E-state index is 0.0353. The topological polar surface area (TPSA) is 17.1 Å². The minimum Gasteiger partial charge on any atom is -0.289 e. The van der Waals surface area contributed by atoms with E-state index in [4.69, 9.17) is 11.6 Å². The molecule has 2 heteroatoms. The number of halogens is 1. The van der Waals surface area contributed by atoms with Crippen molar-refractivity contribution in [2.75, 3.05) is 0 Å². The van der Waals surface area contributed by atoms with Crippen LogP contribution in [0.5, 0.6) is 0 Å². The van der Waals surface area contributed by atoms with E-state index < -0.39 is 0 Å². The van der Waals surface area contributed by atoms with Gasteiger partial charge in [0.15, 0.2) is 5.78 Å². The van der Waals surface area contributed by atoms with E-state index in [1.54, 1.807) is 12.1 Å². The van der Waals surface area contributed by atoms with Gasteiger partial charge in [0.05, 0.1) is 0 Å². The van der Waals surface area contributed by atoms with Crippen LogP contribution in [0, 0.1) is 0 Å². The Kier molecular flexibility index (Phi) is 2.83. The maximum Gasteiger partial charge on any atom is 0.193 e. The van der Waals surface area contributed by atoms with Gasteiger partial charge in [0, 0.05) is 16.1 Å². The third-order valence-corrected chi connectivity index (χ3v) is 4.44. The van der Waals surface area contributed by atoms with Gasteiger partial charge in [-0.1, -0.05) is 54.1 Å². The maximum absolute atomic E-state index is 12.8. The predicted molar refractivity (Wildman–Crippen MR) is 86.2 cm³/mol. The van der Waals surface area contributed by atoms with Gasteiger partial charge in [-0.25, -0.2) is 0 Å². The van der Waals surface area contributed by atoms with Gasteiger partial charge in [0.1, 0.15) is 0 Å². The van der Waals surface area contributed by atoms with Crippen molar-refractivity contribution >= 4 is 28.2 Å². The molecular formula is C19H13ClO. The summed E-state index contributed by atoms with van der Waals surface area (Å²) in [6.07, 6.45) is 2.14. The van der Waals surface area contributed by atoms with Gasteiger partial charge in [-0.05, 0) is 46.9 Å². The van der Waals surface area contributed by atoms with Crippen LogP contribution in [-0.2, 0) is 12.8 Å². The lowest BCUT2D eigenvalue weighted by Crippen LogP contribution is -2.02. The highest BCUT2D eigenvalue weighted by Crippen LogP contribution is 2.33. The fourth-order valence-corrected chi connectivity index (χ4v) is 3.42. The van der Waals surface area contributed by atoms with E-state index in [9.17, 15) is 4.79 Å². The second kappa shape index (κ2) is 4.71. The fourth-order valence-electron chi connectivity index (χ4n) is 3.23. The molecule has 21 heavy (non-hydrogen) atoms. The van der Waals surface area contributed by atoms with Crippen molar-refractivity contribution < 1.29 is 4.79 Å². The Bertz CT molecular complexity index is 870. The van der Waals surface area contributed by atoms with E-state index in [2.05, 4.69) is 12.1 Å². The molecule has 0 aromatic heterocycles. The molecule has 0 unspecified atom stereocenters. The van der Waals surface area contributed by atoms with Crippen LogP contribution in [0.2, 0.25) is 5.02 Å². The van der Waals surface area contributed by atoms with Gasteiger partial charge in [-0.2, -0.15) is 0 Å². The highest BCUT2D eigenvalue weighted by Gasteiger charge is 2.19. The first-order valence-electron chi connectivity index (χ1n) is 7.08. The average Bonchev–Trinajstić information content (AvgIpc) is 2.92. The Morgan fingerprint density at radius 1 is 0.905 bits per heavy atom. The van der Waals surface area contributed by atoms with E-state index in [1.807, 2.05) is 30.3 Å². The molecule has 0 saturated carbocycles. The molecule has 3 aromatic carbocycles. The molecule has 0 heterocycles. The molecule has 3 aromatic rings. The average molecular weight is 293 g/mol. The lowest BCUT2D eigenvalue weighted by molar-refractivity contribution is 0.104. The number of hydrogen-bond donors (Lipinski definition) is 0. The summed E-state index contributed by atoms with van der Waals surface area (Å²) in [7, 11) is 0. The van der Waals surface area contributed by atoms with Gasteiger partial charge in [0.2, 0.25) is 0 Å². The third-order valence-electron chi connectivity index (χ3n) is 4.21. The number of ketones is 1. The lowest BCUT2D eigenvalue weighted by atomic mass is 9.95. The molecule has 0 saturated heterocycles. The lowest BCUT2D eigenvalue weighted by Gasteiger charge is -2.08. The Morgan fingerprint density at radius 3 is 2.48 bits per heavy atom. The molecule has 0 fully saturated rings. The molecule has 4 rings (SSSR count). The van der Waals surface area contributed by atoms with Crippen LogP contribution >= 0.6 is 11.6 Å². The van der Waals surface area contributed by atoms with Gasteiger partial charge < -0.3 is 0 Å². The van der Waals surface area contributed by atoms with E-state index in [0.29, 0.717) is 10.6 Å². The summed E-state index contributed by atoms with van der Waals surface area (Å²) in [5, 5.41) is 2.92. The molecule has 1 aliphatic carbocycles. The van der Waals surface area contributed by atoms with Crippen LogP contribution in [0.15, 0.2) is 54.6 Å². The molecule has 1 aliphatic rings. The molecule has 102 valence electrons. The molecule has 0 aliphatic heterocycles. The second-order valence-corrected chi connectivity index (χ2v) is 5.89. The normalized spacial score (nSPS) is 12.8. The Hall–Kier alpha value is -2.12. The van der Waals surface area contributed by atoms with E-state index in [-0.39, 0.29) is 5.78 Å². The molecule has 0 N–H and O–H groups in total. The zero-order valence-electron chi connectivity index (χ0n) is 11.4. The first kappa shape index (κ1) is 12.6. The SMILES string of the molecule is O=C(c1cccc(Cl)c1)c1ccc2c3c(cccc13)CC2. The highest BCUT2D eigenvalue weighted by atomic mass is 35.5. The van der Waals surface area contributed by atoms with Crippen LogP contribution < -0.4 is 0 Å². The van der Waals surface area contributed by atoms with Crippen molar-refractivity contribution in [1.82, 2.24) is 0 Å². The predicted octanol–water partition coefficient (Wildman–Crippen LogP) is 4.82. The van der Waals surface area contributed by atoms with Crippen LogP contribution in [0.25, 0.3) is 10.8 Å². The summed E-state index contributed by atoms with van der Waals surface area (Å²) in [5.41, 5.74) is 4.10. The quantitative estimate of drug-likeness (QED) is 0.619. The molecule has 0 amide bonds. The van der Waals surface area contributed by atoms with Crippen molar-refractivity contribution in [3.05, 3.63) is 81.9 Å². The summed E-state index contributed by atoms with van der Waals surface area (Å²) in [6, 6.07) is 17.4. The molecule has 0 spiro atoms. The van der Waals surface area contributed by atoms with Gasteiger partial charge >= 0.3 is 0 Å². The molecule has 0 atom stereocenters. The molecule has 0 radical (unpaired) electrons. The van der Waals surface area contributed by atoms with E-state index in [0.717, 1.165) is 23.8 Å². The van der Waals surface area contributed by atoms with Gasteiger partial charge in [-0.15, -0.1) is 0 Å². The minimum atomic E-state index is 0.0353. The van der Waals surface area contributed by atoms with E-state index >= 15 is 0 Å². The number of carbonyl (C=O) groups excluding carboxylic acids is 1. The smallest absolute Gasteiger partial charge is 0.193 e. The van der Waals surface area contributed by atoms with Crippen molar-refractivity contribution in [3.8, 4) is 0 Å². The molecule has 1 nitrogen and oxygen atoms in total. The zero-order chi connectivity index (χ0) is 14.4. The Labute approximate surface area is 128 Å². The number of benzene rings is 3. The maximum atomic E-state index is 12.8. The van der Waals surface area contributed by atoms with Crippen LogP contribution in [0.3, 0.4) is 0 Å². The Balaban J connectivity index is 1.94. The van der Waals surface area contributed by atoms with Crippen molar-refractivity contribution in [1.29, 1.82) is 0 Å². The zero-order valence-corrected chi connectivity index (χ0v) is 12.2. The first-order valence-corrected chi connectivity index (χ1v) is 7.45. The fraction of sp³-hybridized carbons (Fsp3) is 0.105. The summed E-state index contributed by atoms with van der Waals surface area (Å²) in [6.45, 7) is 0. The first-order chi connectivity index (χ1) is 10.2. The summed E-state index contributed by atoms with van der Waals surface area (Å²) >= 11 is 6.00. The highest BCUT2D eigenvalue weighted by molar-refractivity contribution is 6.31. The number of aryl methyl sites for hydroxylation is 2. The van der Waals surface area contributed by atoms with Crippen LogP contribution in [0.4, 0.5) is 0 Å². The van der Waals surface area contributed by atoms with Crippen molar-refractivity contribution in [3.63, 3.8) is 0 Å². The molecular weight excluding hydrogens is 280 g/mol. The monoisotopic (exact) mass is 292 g/mol. The second-order valence-electron chi connectivity index (χ2n) is 5.45. The number of rotatable bonds is 2. The molecule has 0 bridgehead atoms. The van der Waals surface area contributed by atoms with Gasteiger partial charge in [-0.3, -0.25) is 4.79 Å². The third kappa shape index (κ3) is 1.97. The standard InChI is InChI=1S/C19H13ClO/c20-15-5-1-4-14(11-15)19(21)17-10-9-13-8-7-12-3-2-6-16(17)18(12)13/h1-6,9-11H,7-8H2. The van der Waals surface area contributed by atoms with Crippen molar-refractivity contribution in [2.45, 2.75) is 12.8 Å². The largest absolute Gasteiger partial charge is 0.289 e. The summed E-state index contributed by atoms with van der Waals surface area (Å²) in [5.74, 6) is 0.0353. The van der Waals surface area contributed by atoms with Crippen LogP contribution in [0.1, 0.15) is 27.0 Å². The van der Waals surface area contributed by atoms with Crippen LogP contribution in [-0.4, -0.2) is 5.78 Å². The number of carbonyl (C=O) groups is 1. The summed E-state index contributed by atoms with van der Waals surface area (Å²) < 4.78 is 0. The Morgan fingerprint density at radius 2 is 1.67 bits per heavy atom. The van der Waals surface area contributed by atoms with Crippen molar-refractivity contribution in [2.24, 2.45) is 0 Å². The van der Waals surface area contributed by atoms with Gasteiger partial charge in [0.25, 0.3) is 0 Å².